The first kappa shape index (κ1) is 11.3. The van der Waals surface area contributed by atoms with E-state index in [9.17, 15) is 4.79 Å². The van der Waals surface area contributed by atoms with Gasteiger partial charge in [-0.3, -0.25) is 0 Å². The highest BCUT2D eigenvalue weighted by molar-refractivity contribution is 6.40. The summed E-state index contributed by atoms with van der Waals surface area (Å²) in [4.78, 5) is 11.2. The van der Waals surface area contributed by atoms with Crippen LogP contribution in [0.1, 0.15) is 12.8 Å². The topological polar surface area (TPSA) is 26.3 Å². The minimum absolute atomic E-state index is 0.358. The zero-order chi connectivity index (χ0) is 10.6. The fourth-order valence-corrected chi connectivity index (χ4v) is 1.39. The van der Waals surface area contributed by atoms with E-state index in [2.05, 4.69) is 4.74 Å². The number of hydrogen-bond donors (Lipinski definition) is 0. The lowest BCUT2D eigenvalue weighted by atomic mass is 10.1. The smallest absolute Gasteiger partial charge is 0.337 e. The van der Waals surface area contributed by atoms with Crippen molar-refractivity contribution < 1.29 is 9.53 Å². The number of esters is 1. The summed E-state index contributed by atoms with van der Waals surface area (Å²) in [6.07, 6.45) is 6.32. The largest absolute Gasteiger partial charge is 0.465 e. The van der Waals surface area contributed by atoms with Crippen molar-refractivity contribution in [2.75, 3.05) is 7.11 Å². The number of allylic oxidation sites excluding steroid dienone is 4. The molecule has 0 aromatic carbocycles. The Hall–Kier alpha value is -0.730. The van der Waals surface area contributed by atoms with Crippen molar-refractivity contribution in [1.29, 1.82) is 0 Å². The summed E-state index contributed by atoms with van der Waals surface area (Å²) in [5.41, 5.74) is 0.509. The first-order valence-corrected chi connectivity index (χ1v) is 4.91. The Balaban J connectivity index is 2.88. The number of halogens is 2. The van der Waals surface area contributed by atoms with Crippen LogP contribution in [0.4, 0.5) is 0 Å². The van der Waals surface area contributed by atoms with Gasteiger partial charge in [0.1, 0.15) is 0 Å². The molecule has 0 atom stereocenters. The van der Waals surface area contributed by atoms with Crippen LogP contribution in [0.15, 0.2) is 33.9 Å². The lowest BCUT2D eigenvalue weighted by molar-refractivity contribution is -0.135. The fraction of sp³-hybridized carbons (Fsp3) is 0.300. The minimum atomic E-state index is -0.358. The van der Waals surface area contributed by atoms with Gasteiger partial charge in [-0.15, -0.1) is 0 Å². The van der Waals surface area contributed by atoms with E-state index < -0.39 is 0 Å². The molecule has 0 aliphatic heterocycles. The molecular weight excluding hydrogens is 223 g/mol. The number of carbonyl (C=O) groups excluding carboxylic acids is 1. The number of rotatable bonds is 1. The Bertz CT molecular complexity index is 327. The Morgan fingerprint density at radius 3 is 2.79 bits per heavy atom. The van der Waals surface area contributed by atoms with Crippen LogP contribution >= 0.6 is 23.2 Å². The van der Waals surface area contributed by atoms with Crippen LogP contribution in [0, 0.1) is 0 Å². The molecule has 1 aliphatic rings. The third kappa shape index (κ3) is 2.89. The molecule has 14 heavy (non-hydrogen) atoms. The summed E-state index contributed by atoms with van der Waals surface area (Å²) >= 11 is 11.7. The minimum Gasteiger partial charge on any atom is -0.465 e. The van der Waals surface area contributed by atoms with Gasteiger partial charge in [0, 0.05) is 5.03 Å². The maximum absolute atomic E-state index is 11.2. The van der Waals surface area contributed by atoms with E-state index in [1.54, 1.807) is 18.2 Å². The van der Waals surface area contributed by atoms with E-state index in [0.717, 1.165) is 0 Å². The van der Waals surface area contributed by atoms with Gasteiger partial charge in [-0.1, -0.05) is 29.3 Å². The first-order chi connectivity index (χ1) is 6.65. The van der Waals surface area contributed by atoms with Crippen LogP contribution in [-0.4, -0.2) is 13.1 Å². The average molecular weight is 233 g/mol. The molecule has 4 heteroatoms. The van der Waals surface area contributed by atoms with E-state index in [-0.39, 0.29) is 5.97 Å². The van der Waals surface area contributed by atoms with Crippen LogP contribution in [-0.2, 0) is 9.53 Å². The number of methoxy groups -OCH3 is 1. The molecule has 0 aromatic rings. The van der Waals surface area contributed by atoms with Crippen LogP contribution in [0.5, 0.6) is 0 Å². The van der Waals surface area contributed by atoms with E-state index >= 15 is 0 Å². The second kappa shape index (κ2) is 5.23. The SMILES string of the molecule is COC(=O)C1=CCC/C(Cl)=C(\Cl)C=C1. The molecule has 0 saturated heterocycles. The van der Waals surface area contributed by atoms with Gasteiger partial charge >= 0.3 is 5.97 Å². The second-order valence-corrected chi connectivity index (χ2v) is 3.64. The van der Waals surface area contributed by atoms with E-state index in [4.69, 9.17) is 23.2 Å². The van der Waals surface area contributed by atoms with Crippen molar-refractivity contribution in [1.82, 2.24) is 0 Å². The fourth-order valence-electron chi connectivity index (χ4n) is 1.06. The number of hydrogen-bond acceptors (Lipinski definition) is 2. The maximum Gasteiger partial charge on any atom is 0.337 e. The number of ether oxygens (including phenoxy) is 1. The van der Waals surface area contributed by atoms with E-state index in [1.807, 2.05) is 0 Å². The van der Waals surface area contributed by atoms with Crippen molar-refractivity contribution in [3.05, 3.63) is 33.9 Å². The van der Waals surface area contributed by atoms with Crippen LogP contribution in [0.2, 0.25) is 0 Å². The second-order valence-electron chi connectivity index (χ2n) is 2.78. The molecule has 76 valence electrons. The molecule has 0 aromatic heterocycles. The molecule has 1 rings (SSSR count). The molecule has 0 unspecified atom stereocenters. The zero-order valence-electron chi connectivity index (χ0n) is 7.72. The summed E-state index contributed by atoms with van der Waals surface area (Å²) in [6.45, 7) is 0. The molecular formula is C10H10Cl2O2. The van der Waals surface area contributed by atoms with E-state index in [0.29, 0.717) is 28.5 Å². The number of carbonyl (C=O) groups is 1. The van der Waals surface area contributed by atoms with Crippen molar-refractivity contribution in [3.63, 3.8) is 0 Å². The Kier molecular flexibility index (Phi) is 4.23. The summed E-state index contributed by atoms with van der Waals surface area (Å²) < 4.78 is 4.60. The highest BCUT2D eigenvalue weighted by Gasteiger charge is 2.08. The maximum atomic E-state index is 11.2. The predicted molar refractivity (Wildman–Crippen MR) is 57.2 cm³/mol. The van der Waals surface area contributed by atoms with Gasteiger partial charge in [0.2, 0.25) is 0 Å². The van der Waals surface area contributed by atoms with Crippen molar-refractivity contribution in [3.8, 4) is 0 Å². The highest BCUT2D eigenvalue weighted by Crippen LogP contribution is 2.23. The third-order valence-corrected chi connectivity index (χ3v) is 2.66. The van der Waals surface area contributed by atoms with Gasteiger partial charge in [0.15, 0.2) is 0 Å². The summed E-state index contributed by atoms with van der Waals surface area (Å²) in [5, 5.41) is 1.09. The highest BCUT2D eigenvalue weighted by atomic mass is 35.5. The molecule has 1 aliphatic carbocycles. The monoisotopic (exact) mass is 232 g/mol. The molecule has 0 radical (unpaired) electrons. The third-order valence-electron chi connectivity index (χ3n) is 1.82. The lowest BCUT2D eigenvalue weighted by Crippen LogP contribution is -2.03. The molecule has 0 fully saturated rings. The van der Waals surface area contributed by atoms with E-state index in [1.165, 1.54) is 7.11 Å². The van der Waals surface area contributed by atoms with Crippen molar-refractivity contribution >= 4 is 29.2 Å². The lowest BCUT2D eigenvalue weighted by Gasteiger charge is -2.04. The predicted octanol–water partition coefficient (Wildman–Crippen LogP) is 3.13. The first-order valence-electron chi connectivity index (χ1n) is 4.16. The summed E-state index contributed by atoms with van der Waals surface area (Å²) in [5.74, 6) is -0.358. The molecule has 0 amide bonds. The molecule has 0 N–H and O–H groups in total. The standard InChI is InChI=1S/C10H10Cl2O2/c1-14-10(13)7-3-2-4-8(11)9(12)6-5-7/h3,5-6H,2,4H2,1H3/b6-5?,7-3?,9-8+. The molecule has 0 bridgehead atoms. The van der Waals surface area contributed by atoms with Gasteiger partial charge in [-0.2, -0.15) is 0 Å². The van der Waals surface area contributed by atoms with Crippen LogP contribution < -0.4 is 0 Å². The summed E-state index contributed by atoms with van der Waals surface area (Å²) in [7, 11) is 1.35. The molecule has 0 spiro atoms. The van der Waals surface area contributed by atoms with Crippen LogP contribution in [0.25, 0.3) is 0 Å². The van der Waals surface area contributed by atoms with Gasteiger partial charge in [0.05, 0.1) is 17.7 Å². The Morgan fingerprint density at radius 2 is 2.14 bits per heavy atom. The molecule has 2 nitrogen and oxygen atoms in total. The zero-order valence-corrected chi connectivity index (χ0v) is 9.23. The van der Waals surface area contributed by atoms with Gasteiger partial charge in [-0.05, 0) is 25.0 Å². The van der Waals surface area contributed by atoms with Crippen LogP contribution in [0.3, 0.4) is 0 Å². The Labute approximate surface area is 92.8 Å². The van der Waals surface area contributed by atoms with Gasteiger partial charge in [-0.25, -0.2) is 4.79 Å². The van der Waals surface area contributed by atoms with Crippen molar-refractivity contribution in [2.45, 2.75) is 12.8 Å². The normalized spacial score (nSPS) is 22.4. The Morgan fingerprint density at radius 1 is 1.43 bits per heavy atom. The quantitative estimate of drug-likeness (QED) is 0.650. The average Bonchev–Trinajstić information content (AvgIpc) is 2.18. The summed E-state index contributed by atoms with van der Waals surface area (Å²) in [6, 6.07) is 0. The molecule has 0 saturated carbocycles. The van der Waals surface area contributed by atoms with Gasteiger partial charge < -0.3 is 4.74 Å². The van der Waals surface area contributed by atoms with Gasteiger partial charge in [0.25, 0.3) is 0 Å². The van der Waals surface area contributed by atoms with Crippen molar-refractivity contribution in [2.24, 2.45) is 0 Å². The molecule has 0 heterocycles.